The second-order valence-electron chi connectivity index (χ2n) is 5.59. The van der Waals surface area contributed by atoms with Crippen LogP contribution in [0.3, 0.4) is 0 Å². The summed E-state index contributed by atoms with van der Waals surface area (Å²) in [5, 5.41) is 10.7. The van der Waals surface area contributed by atoms with Crippen molar-refractivity contribution in [2.45, 2.75) is 13.3 Å². The van der Waals surface area contributed by atoms with Crippen molar-refractivity contribution in [1.82, 2.24) is 0 Å². The minimum Gasteiger partial charge on any atom is -0.506 e. The van der Waals surface area contributed by atoms with Crippen LogP contribution >= 0.6 is 0 Å². The summed E-state index contributed by atoms with van der Waals surface area (Å²) in [4.78, 5) is 28.0. The molecule has 26 heavy (non-hydrogen) atoms. The van der Waals surface area contributed by atoms with Crippen molar-refractivity contribution in [2.75, 3.05) is 6.61 Å². The first-order valence-electron chi connectivity index (χ1n) is 8.16. The van der Waals surface area contributed by atoms with Gasteiger partial charge in [0, 0.05) is 6.21 Å². The van der Waals surface area contributed by atoms with Gasteiger partial charge in [-0.15, -0.1) is 0 Å². The molecule has 1 heterocycles. The first-order valence-corrected chi connectivity index (χ1v) is 8.16. The minimum absolute atomic E-state index is 0.0323. The maximum Gasteiger partial charge on any atom is 0.348 e. The number of benzene rings is 2. The molecule has 0 bridgehead atoms. The number of aromatic hydroxyl groups is 1. The summed E-state index contributed by atoms with van der Waals surface area (Å²) < 4.78 is 10.2. The highest BCUT2D eigenvalue weighted by atomic mass is 16.5. The number of fused-ring (bicyclic) bond motifs is 1. The second-order valence-corrected chi connectivity index (χ2v) is 5.59. The van der Waals surface area contributed by atoms with Gasteiger partial charge in [0.2, 0.25) is 0 Å². The van der Waals surface area contributed by atoms with Crippen LogP contribution in [0.4, 0.5) is 5.69 Å². The lowest BCUT2D eigenvalue weighted by molar-refractivity contribution is 0.0505. The van der Waals surface area contributed by atoms with E-state index in [1.54, 1.807) is 48.5 Å². The number of hydrogen-bond acceptors (Lipinski definition) is 6. The summed E-state index contributed by atoms with van der Waals surface area (Å²) in [6.07, 6.45) is 2.00. The molecule has 0 spiro atoms. The van der Waals surface area contributed by atoms with E-state index in [0.717, 1.165) is 6.42 Å². The zero-order chi connectivity index (χ0) is 18.5. The average Bonchev–Trinajstić information content (AvgIpc) is 2.66. The van der Waals surface area contributed by atoms with E-state index in [1.165, 1.54) is 6.21 Å². The van der Waals surface area contributed by atoms with Gasteiger partial charge < -0.3 is 14.3 Å². The Hall–Kier alpha value is -3.41. The Balaban J connectivity index is 1.85. The van der Waals surface area contributed by atoms with E-state index in [1.807, 2.05) is 6.92 Å². The van der Waals surface area contributed by atoms with E-state index in [-0.39, 0.29) is 11.3 Å². The lowest BCUT2D eigenvalue weighted by atomic mass is 10.1. The van der Waals surface area contributed by atoms with Crippen molar-refractivity contribution >= 4 is 28.8 Å². The van der Waals surface area contributed by atoms with Crippen LogP contribution in [0, 0.1) is 0 Å². The van der Waals surface area contributed by atoms with E-state index >= 15 is 0 Å². The molecule has 1 aromatic heterocycles. The van der Waals surface area contributed by atoms with E-state index in [2.05, 4.69) is 4.99 Å². The molecule has 1 N–H and O–H groups in total. The Labute approximate surface area is 149 Å². The molecule has 0 aliphatic carbocycles. The molecule has 0 aliphatic rings. The first-order chi connectivity index (χ1) is 12.6. The monoisotopic (exact) mass is 351 g/mol. The fraction of sp³-hybridized carbons (Fsp3) is 0.150. The predicted octanol–water partition coefficient (Wildman–Crippen LogP) is 3.82. The molecule has 6 heteroatoms. The standard InChI is InChI=1S/C20H17NO5/c1-2-11-25-19(23)13-7-9-14(10-8-13)21-12-16-18(22)15-5-3-4-6-17(15)26-20(16)24/h3-10,12,22H,2,11H2,1H3. The van der Waals surface area contributed by atoms with Crippen LogP contribution in [-0.4, -0.2) is 23.9 Å². The molecule has 0 amide bonds. The van der Waals surface area contributed by atoms with E-state index < -0.39 is 11.6 Å². The molecule has 2 aromatic carbocycles. The normalized spacial score (nSPS) is 11.1. The number of ether oxygens (including phenoxy) is 1. The van der Waals surface area contributed by atoms with Crippen LogP contribution in [0.1, 0.15) is 29.3 Å². The Kier molecular flexibility index (Phi) is 5.12. The number of rotatable bonds is 5. The lowest BCUT2D eigenvalue weighted by Gasteiger charge is -2.03. The zero-order valence-corrected chi connectivity index (χ0v) is 14.1. The topological polar surface area (TPSA) is 89.1 Å². The van der Waals surface area contributed by atoms with Crippen LogP contribution < -0.4 is 5.63 Å². The number of carbonyl (C=O) groups is 1. The molecule has 0 atom stereocenters. The number of aliphatic imine (C=N–C) groups is 1. The SMILES string of the molecule is CCCOC(=O)c1ccc(N=Cc2c(O)c3ccccc3oc2=O)cc1. The predicted molar refractivity (Wildman–Crippen MR) is 98.4 cm³/mol. The van der Waals surface area contributed by atoms with Crippen LogP contribution in [0.5, 0.6) is 5.75 Å². The average molecular weight is 351 g/mol. The number of carbonyl (C=O) groups excluding carboxylic acids is 1. The van der Waals surface area contributed by atoms with Crippen molar-refractivity contribution in [3.63, 3.8) is 0 Å². The second kappa shape index (κ2) is 7.65. The first kappa shape index (κ1) is 17.4. The Bertz CT molecular complexity index is 1020. The van der Waals surface area contributed by atoms with Gasteiger partial charge >= 0.3 is 11.6 Å². The number of nitrogens with zero attached hydrogens (tertiary/aromatic N) is 1. The van der Waals surface area contributed by atoms with Gasteiger partial charge in [0.25, 0.3) is 0 Å². The molecule has 132 valence electrons. The maximum atomic E-state index is 12.0. The van der Waals surface area contributed by atoms with Gasteiger partial charge in [-0.3, -0.25) is 4.99 Å². The van der Waals surface area contributed by atoms with Gasteiger partial charge in [0.05, 0.1) is 23.2 Å². The molecule has 0 fully saturated rings. The summed E-state index contributed by atoms with van der Waals surface area (Å²) >= 11 is 0. The quantitative estimate of drug-likeness (QED) is 0.429. The number of hydrogen-bond donors (Lipinski definition) is 1. The smallest absolute Gasteiger partial charge is 0.348 e. The molecular weight excluding hydrogens is 334 g/mol. The largest absolute Gasteiger partial charge is 0.506 e. The zero-order valence-electron chi connectivity index (χ0n) is 14.1. The third-order valence-electron chi connectivity index (χ3n) is 3.70. The van der Waals surface area contributed by atoms with Crippen molar-refractivity contribution < 1.29 is 19.1 Å². The van der Waals surface area contributed by atoms with Gasteiger partial charge in [-0.05, 0) is 42.8 Å². The van der Waals surface area contributed by atoms with Gasteiger partial charge in [-0.2, -0.15) is 0 Å². The molecule has 3 aromatic rings. The summed E-state index contributed by atoms with van der Waals surface area (Å²) in [6, 6.07) is 13.1. The molecule has 0 saturated heterocycles. The molecule has 0 radical (unpaired) electrons. The lowest BCUT2D eigenvalue weighted by Crippen LogP contribution is -2.07. The van der Waals surface area contributed by atoms with Crippen LogP contribution in [-0.2, 0) is 4.74 Å². The maximum absolute atomic E-state index is 12.0. The van der Waals surface area contributed by atoms with E-state index in [4.69, 9.17) is 9.15 Å². The highest BCUT2D eigenvalue weighted by molar-refractivity contribution is 5.94. The third-order valence-corrected chi connectivity index (χ3v) is 3.70. The van der Waals surface area contributed by atoms with Gasteiger partial charge in [-0.25, -0.2) is 9.59 Å². The van der Waals surface area contributed by atoms with Crippen molar-refractivity contribution in [3.05, 3.63) is 70.1 Å². The minimum atomic E-state index is -0.676. The Morgan fingerprint density at radius 2 is 1.92 bits per heavy atom. The number of para-hydroxylation sites is 1. The van der Waals surface area contributed by atoms with Crippen molar-refractivity contribution in [1.29, 1.82) is 0 Å². The number of esters is 1. The molecule has 0 saturated carbocycles. The Morgan fingerprint density at radius 1 is 1.19 bits per heavy atom. The van der Waals surface area contributed by atoms with Gasteiger partial charge in [0.1, 0.15) is 16.9 Å². The van der Waals surface area contributed by atoms with Gasteiger partial charge in [-0.1, -0.05) is 19.1 Å². The van der Waals surface area contributed by atoms with Crippen molar-refractivity contribution in [2.24, 2.45) is 4.99 Å². The van der Waals surface area contributed by atoms with Crippen LogP contribution in [0.15, 0.2) is 62.7 Å². The molecule has 0 aliphatic heterocycles. The van der Waals surface area contributed by atoms with Crippen molar-refractivity contribution in [3.8, 4) is 5.75 Å². The van der Waals surface area contributed by atoms with E-state index in [9.17, 15) is 14.7 Å². The molecule has 3 rings (SSSR count). The summed E-state index contributed by atoms with van der Waals surface area (Å²) in [5.41, 5.74) is 0.538. The Morgan fingerprint density at radius 3 is 2.65 bits per heavy atom. The summed E-state index contributed by atoms with van der Waals surface area (Å²) in [5.74, 6) is -0.574. The third kappa shape index (κ3) is 3.64. The highest BCUT2D eigenvalue weighted by Crippen LogP contribution is 2.25. The van der Waals surface area contributed by atoms with Crippen LogP contribution in [0.2, 0.25) is 0 Å². The van der Waals surface area contributed by atoms with Gasteiger partial charge in [0.15, 0.2) is 0 Å². The molecule has 0 unspecified atom stereocenters. The fourth-order valence-corrected chi connectivity index (χ4v) is 2.36. The van der Waals surface area contributed by atoms with Crippen LogP contribution in [0.25, 0.3) is 11.0 Å². The molecular formula is C20H17NO5. The summed E-state index contributed by atoms with van der Waals surface area (Å²) in [6.45, 7) is 2.29. The molecule has 6 nitrogen and oxygen atoms in total. The highest BCUT2D eigenvalue weighted by Gasteiger charge is 2.12. The van der Waals surface area contributed by atoms with E-state index in [0.29, 0.717) is 28.8 Å². The summed E-state index contributed by atoms with van der Waals surface area (Å²) in [7, 11) is 0. The fourth-order valence-electron chi connectivity index (χ4n) is 2.36.